The Labute approximate surface area is 155 Å². The zero-order valence-corrected chi connectivity index (χ0v) is 16.3. The standard InChI is InChI=1S/C20H29N3O3/c1-13-6-11-17(26-5)16(12-13)21-18(24)19(25)23-22-15-9-7-14(8-10-15)20(2,3)4/h6,11-12,14H,7-10H2,1-5H3,(H,21,24)(H,23,25). The van der Waals surface area contributed by atoms with Crippen molar-refractivity contribution in [2.75, 3.05) is 12.4 Å². The lowest BCUT2D eigenvalue weighted by Gasteiger charge is -2.34. The number of benzene rings is 1. The number of aryl methyl sites for hydroxylation is 1. The third-order valence-electron chi connectivity index (χ3n) is 4.91. The Morgan fingerprint density at radius 2 is 1.81 bits per heavy atom. The molecule has 0 aromatic heterocycles. The number of hydrogen-bond acceptors (Lipinski definition) is 4. The number of nitrogens with one attached hydrogen (secondary N) is 2. The summed E-state index contributed by atoms with van der Waals surface area (Å²) >= 11 is 0. The average Bonchev–Trinajstić information content (AvgIpc) is 2.59. The molecule has 0 unspecified atom stereocenters. The van der Waals surface area contributed by atoms with Crippen molar-refractivity contribution in [2.24, 2.45) is 16.4 Å². The number of amides is 2. The fourth-order valence-electron chi connectivity index (χ4n) is 3.21. The van der Waals surface area contributed by atoms with Crippen LogP contribution in [0.2, 0.25) is 0 Å². The summed E-state index contributed by atoms with van der Waals surface area (Å²) < 4.78 is 5.20. The highest BCUT2D eigenvalue weighted by Gasteiger charge is 2.28. The van der Waals surface area contributed by atoms with Crippen LogP contribution in [0.5, 0.6) is 5.75 Å². The third kappa shape index (κ3) is 5.31. The minimum atomic E-state index is -0.779. The first kappa shape index (κ1) is 19.9. The number of hydrogen-bond donors (Lipinski definition) is 2. The molecule has 0 atom stereocenters. The first-order chi connectivity index (χ1) is 12.2. The van der Waals surface area contributed by atoms with Crippen LogP contribution < -0.4 is 15.5 Å². The maximum Gasteiger partial charge on any atom is 0.329 e. The summed E-state index contributed by atoms with van der Waals surface area (Å²) in [5.74, 6) is -0.376. The van der Waals surface area contributed by atoms with Crippen LogP contribution >= 0.6 is 0 Å². The lowest BCUT2D eigenvalue weighted by atomic mass is 9.72. The van der Waals surface area contributed by atoms with E-state index < -0.39 is 11.8 Å². The van der Waals surface area contributed by atoms with Gasteiger partial charge in [0.15, 0.2) is 0 Å². The Balaban J connectivity index is 1.90. The summed E-state index contributed by atoms with van der Waals surface area (Å²) in [6.45, 7) is 8.66. The van der Waals surface area contributed by atoms with Crippen LogP contribution in [0, 0.1) is 18.3 Å². The molecule has 1 aromatic rings. The molecule has 1 aromatic carbocycles. The molecule has 6 heteroatoms. The van der Waals surface area contributed by atoms with E-state index >= 15 is 0 Å². The van der Waals surface area contributed by atoms with Crippen LogP contribution in [0.4, 0.5) is 5.69 Å². The monoisotopic (exact) mass is 359 g/mol. The summed E-state index contributed by atoms with van der Waals surface area (Å²) in [5.41, 5.74) is 5.03. The predicted molar refractivity (Wildman–Crippen MR) is 103 cm³/mol. The van der Waals surface area contributed by atoms with Crippen molar-refractivity contribution in [2.45, 2.75) is 53.4 Å². The minimum absolute atomic E-state index is 0.293. The normalized spacial score (nSPS) is 17.4. The van der Waals surface area contributed by atoms with Crippen molar-refractivity contribution < 1.29 is 14.3 Å². The van der Waals surface area contributed by atoms with Crippen molar-refractivity contribution >= 4 is 23.2 Å². The Bertz CT molecular complexity index is 695. The van der Waals surface area contributed by atoms with Gasteiger partial charge in [-0.15, -0.1) is 0 Å². The van der Waals surface area contributed by atoms with E-state index in [0.717, 1.165) is 37.0 Å². The number of hydrazone groups is 1. The molecule has 0 spiro atoms. The second-order valence-electron chi connectivity index (χ2n) is 7.92. The molecule has 2 rings (SSSR count). The van der Waals surface area contributed by atoms with Crippen molar-refractivity contribution in [1.82, 2.24) is 5.43 Å². The van der Waals surface area contributed by atoms with Crippen LogP contribution in [0.15, 0.2) is 23.3 Å². The van der Waals surface area contributed by atoms with Gasteiger partial charge in [-0.25, -0.2) is 5.43 Å². The van der Waals surface area contributed by atoms with Gasteiger partial charge in [-0.1, -0.05) is 26.8 Å². The van der Waals surface area contributed by atoms with Gasteiger partial charge in [0.1, 0.15) is 5.75 Å². The third-order valence-corrected chi connectivity index (χ3v) is 4.91. The van der Waals surface area contributed by atoms with Crippen LogP contribution in [0.1, 0.15) is 52.0 Å². The molecule has 142 valence electrons. The lowest BCUT2D eigenvalue weighted by molar-refractivity contribution is -0.136. The van der Waals surface area contributed by atoms with Gasteiger partial charge in [-0.3, -0.25) is 9.59 Å². The highest BCUT2D eigenvalue weighted by Crippen LogP contribution is 2.36. The van der Waals surface area contributed by atoms with Crippen molar-refractivity contribution in [3.63, 3.8) is 0 Å². The molecular weight excluding hydrogens is 330 g/mol. The van der Waals surface area contributed by atoms with E-state index in [-0.39, 0.29) is 0 Å². The van der Waals surface area contributed by atoms with E-state index in [1.54, 1.807) is 12.1 Å². The van der Waals surface area contributed by atoms with Gasteiger partial charge in [0, 0.05) is 5.71 Å². The van der Waals surface area contributed by atoms with Crippen LogP contribution in [-0.2, 0) is 9.59 Å². The van der Waals surface area contributed by atoms with Gasteiger partial charge in [-0.05, 0) is 61.6 Å². The minimum Gasteiger partial charge on any atom is -0.495 e. The first-order valence-electron chi connectivity index (χ1n) is 9.02. The van der Waals surface area contributed by atoms with Crippen LogP contribution in [0.25, 0.3) is 0 Å². The number of rotatable bonds is 3. The van der Waals surface area contributed by atoms with Gasteiger partial charge in [0.05, 0.1) is 12.8 Å². The molecule has 6 nitrogen and oxygen atoms in total. The molecule has 0 aliphatic heterocycles. The number of carbonyl (C=O) groups is 2. The Kier molecular flexibility index (Phi) is 6.40. The van der Waals surface area contributed by atoms with Crippen molar-refractivity contribution in [3.8, 4) is 5.75 Å². The molecule has 1 aliphatic rings. The SMILES string of the molecule is COc1ccc(C)cc1NC(=O)C(=O)NN=C1CCC(C(C)(C)C)CC1. The number of carbonyl (C=O) groups excluding carboxylic acids is 2. The quantitative estimate of drug-likeness (QED) is 0.638. The Morgan fingerprint density at radius 1 is 1.15 bits per heavy atom. The maximum atomic E-state index is 12.1. The Hall–Kier alpha value is -2.37. The molecule has 0 radical (unpaired) electrons. The average molecular weight is 359 g/mol. The molecule has 26 heavy (non-hydrogen) atoms. The van der Waals surface area contributed by atoms with E-state index in [9.17, 15) is 9.59 Å². The maximum absolute atomic E-state index is 12.1. The van der Waals surface area contributed by atoms with Gasteiger partial charge in [-0.2, -0.15) is 5.10 Å². The fourth-order valence-corrected chi connectivity index (χ4v) is 3.21. The second kappa shape index (κ2) is 8.34. The molecule has 0 heterocycles. The number of anilines is 1. The fraction of sp³-hybridized carbons (Fsp3) is 0.550. The lowest BCUT2D eigenvalue weighted by Crippen LogP contribution is -2.34. The van der Waals surface area contributed by atoms with Crippen LogP contribution in [-0.4, -0.2) is 24.6 Å². The molecule has 0 bridgehead atoms. The Morgan fingerprint density at radius 3 is 2.38 bits per heavy atom. The highest BCUT2D eigenvalue weighted by molar-refractivity contribution is 6.39. The van der Waals surface area contributed by atoms with Gasteiger partial charge < -0.3 is 10.1 Å². The van der Waals surface area contributed by atoms with E-state index in [2.05, 4.69) is 36.6 Å². The summed E-state index contributed by atoms with van der Waals surface area (Å²) in [5, 5.41) is 6.72. The molecule has 1 aliphatic carbocycles. The molecule has 0 saturated heterocycles. The molecule has 1 saturated carbocycles. The first-order valence-corrected chi connectivity index (χ1v) is 9.02. The number of methoxy groups -OCH3 is 1. The van der Waals surface area contributed by atoms with E-state index in [1.807, 2.05) is 13.0 Å². The van der Waals surface area contributed by atoms with E-state index in [4.69, 9.17) is 4.74 Å². The molecule has 2 N–H and O–H groups in total. The van der Waals surface area contributed by atoms with Crippen LogP contribution in [0.3, 0.4) is 0 Å². The molecular formula is C20H29N3O3. The molecule has 2 amide bonds. The largest absolute Gasteiger partial charge is 0.495 e. The topological polar surface area (TPSA) is 79.8 Å². The summed E-state index contributed by atoms with van der Waals surface area (Å²) in [6, 6.07) is 5.37. The van der Waals surface area contributed by atoms with Crippen molar-refractivity contribution in [1.29, 1.82) is 0 Å². The zero-order valence-electron chi connectivity index (χ0n) is 16.3. The number of ether oxygens (including phenoxy) is 1. The summed E-state index contributed by atoms with van der Waals surface area (Å²) in [6.07, 6.45) is 3.83. The van der Waals surface area contributed by atoms with Gasteiger partial charge >= 0.3 is 11.8 Å². The van der Waals surface area contributed by atoms with Crippen molar-refractivity contribution in [3.05, 3.63) is 23.8 Å². The molecule has 1 fully saturated rings. The summed E-state index contributed by atoms with van der Waals surface area (Å²) in [7, 11) is 1.51. The summed E-state index contributed by atoms with van der Waals surface area (Å²) in [4.78, 5) is 24.1. The zero-order chi connectivity index (χ0) is 19.3. The van der Waals surface area contributed by atoms with E-state index in [0.29, 0.717) is 22.8 Å². The van der Waals surface area contributed by atoms with E-state index in [1.165, 1.54) is 7.11 Å². The predicted octanol–water partition coefficient (Wildman–Crippen LogP) is 3.65. The smallest absolute Gasteiger partial charge is 0.329 e. The second-order valence-corrected chi connectivity index (χ2v) is 7.92. The number of nitrogens with zero attached hydrogens (tertiary/aromatic N) is 1. The van der Waals surface area contributed by atoms with Gasteiger partial charge in [0.25, 0.3) is 0 Å². The highest BCUT2D eigenvalue weighted by atomic mass is 16.5. The van der Waals surface area contributed by atoms with Gasteiger partial charge in [0.2, 0.25) is 0 Å².